The molecule has 6 nitrogen and oxygen atoms in total. The van der Waals surface area contributed by atoms with Gasteiger partial charge < -0.3 is 10.0 Å². The van der Waals surface area contributed by atoms with Gasteiger partial charge in [-0.2, -0.15) is 0 Å². The Morgan fingerprint density at radius 2 is 1.96 bits per heavy atom. The minimum atomic E-state index is -3.55. The van der Waals surface area contributed by atoms with Crippen molar-refractivity contribution in [2.45, 2.75) is 43.0 Å². The van der Waals surface area contributed by atoms with Gasteiger partial charge in [0.15, 0.2) is 0 Å². The number of carbonyl (C=O) groups excluding carboxylic acids is 1. The minimum absolute atomic E-state index is 0.0679. The van der Waals surface area contributed by atoms with Gasteiger partial charge in [0.05, 0.1) is 10.9 Å². The lowest BCUT2D eigenvalue weighted by molar-refractivity contribution is -0.0271. The highest BCUT2D eigenvalue weighted by molar-refractivity contribution is 7.90. The summed E-state index contributed by atoms with van der Waals surface area (Å²) in [7, 11) is -3.55. The number of hydrogen-bond donors (Lipinski definition) is 2. The Balaban J connectivity index is 1.63. The summed E-state index contributed by atoms with van der Waals surface area (Å²) in [5.41, 5.74) is -0.311. The summed E-state index contributed by atoms with van der Waals surface area (Å²) < 4.78 is 27.6. The number of piperidine rings is 1. The molecule has 7 heteroatoms. The van der Waals surface area contributed by atoms with Crippen LogP contribution in [0.3, 0.4) is 0 Å². The number of likely N-dealkylation sites (tertiary alicyclic amines) is 1. The van der Waals surface area contributed by atoms with Crippen LogP contribution in [-0.4, -0.2) is 54.8 Å². The van der Waals surface area contributed by atoms with Gasteiger partial charge in [-0.15, -0.1) is 0 Å². The zero-order chi connectivity index (χ0) is 17.2. The smallest absolute Gasteiger partial charge is 0.253 e. The van der Waals surface area contributed by atoms with Crippen molar-refractivity contribution in [3.63, 3.8) is 0 Å². The van der Waals surface area contributed by atoms with Gasteiger partial charge in [-0.1, -0.05) is 18.2 Å². The molecule has 1 aliphatic carbocycles. The first-order valence-electron chi connectivity index (χ1n) is 8.45. The van der Waals surface area contributed by atoms with Gasteiger partial charge in [-0.25, -0.2) is 13.1 Å². The van der Waals surface area contributed by atoms with E-state index in [0.29, 0.717) is 37.8 Å². The molecule has 0 bridgehead atoms. The first-order valence-corrected chi connectivity index (χ1v) is 9.99. The van der Waals surface area contributed by atoms with Crippen LogP contribution in [0.5, 0.6) is 0 Å². The number of nitrogens with one attached hydrogen (secondary N) is 1. The summed E-state index contributed by atoms with van der Waals surface area (Å²) >= 11 is 0. The van der Waals surface area contributed by atoms with Crippen molar-refractivity contribution < 1.29 is 18.3 Å². The standard InChI is InChI=1S/C17H24N2O4S/c20-16(14-6-2-1-3-7-14)19-11-4-8-15(12-19)24(22,23)18-13-17(21)9-5-10-17/h1-3,6-7,15,18,21H,4-5,8-13H2/t15-/m1/s1. The van der Waals surface area contributed by atoms with Crippen molar-refractivity contribution in [3.05, 3.63) is 35.9 Å². The molecule has 0 aromatic heterocycles. The van der Waals surface area contributed by atoms with Gasteiger partial charge >= 0.3 is 0 Å². The van der Waals surface area contributed by atoms with Gasteiger partial charge in [-0.3, -0.25) is 4.79 Å². The number of benzene rings is 1. The Morgan fingerprint density at radius 3 is 2.58 bits per heavy atom. The van der Waals surface area contributed by atoms with E-state index >= 15 is 0 Å². The van der Waals surface area contributed by atoms with Gasteiger partial charge in [0, 0.05) is 25.2 Å². The predicted molar refractivity (Wildman–Crippen MR) is 91.1 cm³/mol. The third-order valence-corrected chi connectivity index (χ3v) is 6.82. The molecule has 132 valence electrons. The van der Waals surface area contributed by atoms with E-state index in [-0.39, 0.29) is 19.0 Å². The van der Waals surface area contributed by atoms with Crippen molar-refractivity contribution >= 4 is 15.9 Å². The third kappa shape index (κ3) is 3.79. The average Bonchev–Trinajstić information content (AvgIpc) is 2.58. The topological polar surface area (TPSA) is 86.7 Å². The third-order valence-electron chi connectivity index (χ3n) is 5.01. The van der Waals surface area contributed by atoms with Crippen molar-refractivity contribution in [2.75, 3.05) is 19.6 Å². The molecule has 1 atom stereocenters. The van der Waals surface area contributed by atoms with Crippen molar-refractivity contribution in [1.29, 1.82) is 0 Å². The van der Waals surface area contributed by atoms with Crippen molar-refractivity contribution in [2.24, 2.45) is 0 Å². The molecule has 1 aromatic carbocycles. The quantitative estimate of drug-likeness (QED) is 0.832. The van der Waals surface area contributed by atoms with E-state index in [4.69, 9.17) is 0 Å². The Hall–Kier alpha value is -1.44. The maximum Gasteiger partial charge on any atom is 0.253 e. The summed E-state index contributed by atoms with van der Waals surface area (Å²) in [4.78, 5) is 14.1. The van der Waals surface area contributed by atoms with Gasteiger partial charge in [0.1, 0.15) is 0 Å². The van der Waals surface area contributed by atoms with Crippen LogP contribution in [-0.2, 0) is 10.0 Å². The zero-order valence-corrected chi connectivity index (χ0v) is 14.5. The lowest BCUT2D eigenvalue weighted by Gasteiger charge is -2.38. The molecule has 2 aliphatic rings. The van der Waals surface area contributed by atoms with E-state index < -0.39 is 20.9 Å². The Bertz CT molecular complexity index is 686. The summed E-state index contributed by atoms with van der Waals surface area (Å²) in [6.07, 6.45) is 3.40. The molecule has 2 N–H and O–H groups in total. The number of amides is 1. The van der Waals surface area contributed by atoms with E-state index in [9.17, 15) is 18.3 Å². The predicted octanol–water partition coefficient (Wildman–Crippen LogP) is 1.13. The fourth-order valence-corrected chi connectivity index (χ4v) is 4.81. The second-order valence-electron chi connectivity index (χ2n) is 6.83. The van der Waals surface area contributed by atoms with Gasteiger partial charge in [-0.05, 0) is 44.2 Å². The maximum absolute atomic E-state index is 12.5. The number of nitrogens with zero attached hydrogens (tertiary/aromatic N) is 1. The Kier molecular flexibility index (Phi) is 4.94. The average molecular weight is 352 g/mol. The van der Waals surface area contributed by atoms with Crippen LogP contribution in [0.1, 0.15) is 42.5 Å². The first-order chi connectivity index (χ1) is 11.4. The molecule has 3 rings (SSSR count). The summed E-state index contributed by atoms with van der Waals surface area (Å²) in [5.74, 6) is -0.131. The Labute approximate surface area is 142 Å². The first kappa shape index (κ1) is 17.4. The molecule has 24 heavy (non-hydrogen) atoms. The van der Waals surface area contributed by atoms with E-state index in [0.717, 1.165) is 6.42 Å². The molecule has 1 saturated carbocycles. The van der Waals surface area contributed by atoms with E-state index in [1.165, 1.54) is 0 Å². The fraction of sp³-hybridized carbons (Fsp3) is 0.588. The molecule has 1 aromatic rings. The molecule has 0 unspecified atom stereocenters. The molecule has 1 aliphatic heterocycles. The zero-order valence-electron chi connectivity index (χ0n) is 13.6. The van der Waals surface area contributed by atoms with Crippen LogP contribution < -0.4 is 4.72 Å². The highest BCUT2D eigenvalue weighted by Crippen LogP contribution is 2.31. The lowest BCUT2D eigenvalue weighted by atomic mass is 9.81. The normalized spacial score (nSPS) is 23.5. The number of carbonyl (C=O) groups is 1. The second kappa shape index (κ2) is 6.82. The maximum atomic E-state index is 12.5. The molecule has 1 heterocycles. The molecular weight excluding hydrogens is 328 g/mol. The highest BCUT2D eigenvalue weighted by atomic mass is 32.2. The van der Waals surface area contributed by atoms with E-state index in [1.54, 1.807) is 29.2 Å². The van der Waals surface area contributed by atoms with Crippen LogP contribution in [0.25, 0.3) is 0 Å². The summed E-state index contributed by atoms with van der Waals surface area (Å²) in [6.45, 7) is 0.837. The molecule has 0 spiro atoms. The fourth-order valence-electron chi connectivity index (χ4n) is 3.25. The number of aliphatic hydroxyl groups is 1. The molecule has 2 fully saturated rings. The highest BCUT2D eigenvalue weighted by Gasteiger charge is 2.38. The SMILES string of the molecule is O=C(c1ccccc1)N1CCC[C@@H](S(=O)(=O)NCC2(O)CCC2)C1. The summed E-state index contributed by atoms with van der Waals surface area (Å²) in [5, 5.41) is 9.45. The van der Waals surface area contributed by atoms with Crippen molar-refractivity contribution in [3.8, 4) is 0 Å². The van der Waals surface area contributed by atoms with Gasteiger partial charge in [0.2, 0.25) is 10.0 Å². The van der Waals surface area contributed by atoms with Crippen LogP contribution in [0.15, 0.2) is 30.3 Å². The van der Waals surface area contributed by atoms with E-state index in [1.807, 2.05) is 6.07 Å². The monoisotopic (exact) mass is 352 g/mol. The molecule has 0 radical (unpaired) electrons. The van der Waals surface area contributed by atoms with Gasteiger partial charge in [0.25, 0.3) is 5.91 Å². The largest absolute Gasteiger partial charge is 0.389 e. The van der Waals surface area contributed by atoms with Crippen molar-refractivity contribution in [1.82, 2.24) is 9.62 Å². The van der Waals surface area contributed by atoms with Crippen LogP contribution >= 0.6 is 0 Å². The number of hydrogen-bond acceptors (Lipinski definition) is 4. The van der Waals surface area contributed by atoms with Crippen LogP contribution in [0, 0.1) is 0 Å². The molecule has 1 saturated heterocycles. The van der Waals surface area contributed by atoms with Crippen LogP contribution in [0.2, 0.25) is 0 Å². The number of rotatable bonds is 5. The molecular formula is C17H24N2O4S. The number of sulfonamides is 1. The summed E-state index contributed by atoms with van der Waals surface area (Å²) in [6, 6.07) is 8.92. The van der Waals surface area contributed by atoms with E-state index in [2.05, 4.69) is 4.72 Å². The lowest BCUT2D eigenvalue weighted by Crippen LogP contribution is -2.53. The molecule has 1 amide bonds. The Morgan fingerprint density at radius 1 is 1.25 bits per heavy atom. The minimum Gasteiger partial charge on any atom is -0.389 e. The second-order valence-corrected chi connectivity index (χ2v) is 8.87. The van der Waals surface area contributed by atoms with Crippen LogP contribution in [0.4, 0.5) is 0 Å².